The lowest BCUT2D eigenvalue weighted by Gasteiger charge is -2.50. The van der Waals surface area contributed by atoms with Gasteiger partial charge in [-0.3, -0.25) is 4.90 Å². The molecule has 3 saturated heterocycles. The SMILES string of the molecule is CN1CCN2CCN(C)[P+]1(C([S-])=Nc1ccccc1)N(C)CC2. The van der Waals surface area contributed by atoms with Gasteiger partial charge in [-0.05, 0) is 12.1 Å². The van der Waals surface area contributed by atoms with E-state index in [2.05, 4.69) is 40.1 Å². The molecule has 0 amide bonds. The van der Waals surface area contributed by atoms with Crippen molar-refractivity contribution in [3.05, 3.63) is 30.3 Å². The summed E-state index contributed by atoms with van der Waals surface area (Å²) >= 11 is 5.93. The van der Waals surface area contributed by atoms with Gasteiger partial charge >= 0.3 is 0 Å². The highest BCUT2D eigenvalue weighted by atomic mass is 32.1. The van der Waals surface area contributed by atoms with Crippen LogP contribution in [-0.4, -0.2) is 84.1 Å². The topological polar surface area (TPSA) is 25.3 Å². The van der Waals surface area contributed by atoms with E-state index in [1.807, 2.05) is 30.3 Å². The predicted octanol–water partition coefficient (Wildman–Crippen LogP) is 2.11. The number of likely N-dealkylation sites (N-methyl/N-ethyl adjacent to an activating group) is 3. The first kappa shape index (κ1) is 17.2. The average Bonchev–Trinajstić information content (AvgIpc) is 2.52. The Kier molecular flexibility index (Phi) is 5.31. The molecule has 3 aliphatic rings. The second-order valence-corrected chi connectivity index (χ2v) is 10.6. The van der Waals surface area contributed by atoms with Crippen LogP contribution in [0.15, 0.2) is 35.3 Å². The van der Waals surface area contributed by atoms with Crippen molar-refractivity contribution in [1.29, 1.82) is 0 Å². The van der Waals surface area contributed by atoms with Gasteiger partial charge in [0.25, 0.3) is 7.71 Å². The van der Waals surface area contributed by atoms with E-state index in [0.717, 1.165) is 49.7 Å². The third-order valence-corrected chi connectivity index (χ3v) is 9.78. The van der Waals surface area contributed by atoms with E-state index >= 15 is 0 Å². The van der Waals surface area contributed by atoms with Crippen molar-refractivity contribution in [2.24, 2.45) is 4.99 Å². The van der Waals surface area contributed by atoms with Crippen molar-refractivity contribution >= 4 is 30.8 Å². The molecule has 0 unspecified atom stereocenters. The molecule has 23 heavy (non-hydrogen) atoms. The standard InChI is InChI=1S/C16H26N5PS/c1-18-9-12-21-13-10-19(2)22(18,20(3)11-14-21)16(23)17-15-7-5-4-6-8-15/h4-8H,9-14H2,1-3H3. The fraction of sp³-hybridized carbons (Fsp3) is 0.562. The number of hydrogen-bond donors (Lipinski definition) is 0. The van der Waals surface area contributed by atoms with E-state index < -0.39 is 7.71 Å². The van der Waals surface area contributed by atoms with Crippen LogP contribution in [0.3, 0.4) is 0 Å². The fourth-order valence-electron chi connectivity index (χ4n) is 3.51. The van der Waals surface area contributed by atoms with Crippen molar-refractivity contribution in [1.82, 2.24) is 18.9 Å². The zero-order chi connectivity index (χ0) is 16.4. The zero-order valence-corrected chi connectivity index (χ0v) is 15.9. The first-order valence-corrected chi connectivity index (χ1v) is 10.2. The number of aliphatic imine (C=N–C) groups is 1. The van der Waals surface area contributed by atoms with Gasteiger partial charge in [0.15, 0.2) is 0 Å². The van der Waals surface area contributed by atoms with Crippen LogP contribution < -0.4 is 0 Å². The summed E-state index contributed by atoms with van der Waals surface area (Å²) in [6, 6.07) is 10.1. The van der Waals surface area contributed by atoms with E-state index in [9.17, 15) is 0 Å². The van der Waals surface area contributed by atoms with E-state index in [1.54, 1.807) is 0 Å². The van der Waals surface area contributed by atoms with Crippen molar-refractivity contribution in [3.8, 4) is 0 Å². The molecule has 3 heterocycles. The molecule has 2 bridgehead atoms. The molecular formula is C16H26N5PS. The highest BCUT2D eigenvalue weighted by molar-refractivity contribution is 8.08. The molecule has 0 N–H and O–H groups in total. The quantitative estimate of drug-likeness (QED) is 0.352. The van der Waals surface area contributed by atoms with Gasteiger partial charge in [0.1, 0.15) is 0 Å². The fourth-order valence-corrected chi connectivity index (χ4v) is 8.67. The number of hydrogen-bond acceptors (Lipinski definition) is 6. The van der Waals surface area contributed by atoms with Crippen LogP contribution in [0.1, 0.15) is 0 Å². The molecule has 0 saturated carbocycles. The van der Waals surface area contributed by atoms with Crippen molar-refractivity contribution in [3.63, 3.8) is 0 Å². The number of fused-ring (bicyclic) bond motifs is 6. The lowest BCUT2D eigenvalue weighted by Crippen LogP contribution is -2.55. The van der Waals surface area contributed by atoms with Gasteiger partial charge in [-0.15, -0.1) is 14.0 Å². The zero-order valence-electron chi connectivity index (χ0n) is 14.2. The van der Waals surface area contributed by atoms with Crippen LogP contribution >= 0.6 is 7.71 Å². The maximum absolute atomic E-state index is 5.93. The summed E-state index contributed by atoms with van der Waals surface area (Å²) in [7, 11) is 4.72. The Labute approximate surface area is 145 Å². The van der Waals surface area contributed by atoms with Gasteiger partial charge in [-0.2, -0.15) is 0 Å². The molecule has 3 aliphatic heterocycles. The Hall–Kier alpha value is -0.620. The Bertz CT molecular complexity index is 531. The van der Waals surface area contributed by atoms with Gasteiger partial charge < -0.3 is 12.6 Å². The van der Waals surface area contributed by atoms with Crippen LogP contribution in [0.25, 0.3) is 0 Å². The third-order valence-electron chi connectivity index (χ3n) is 4.89. The maximum Gasteiger partial charge on any atom is 0.253 e. The minimum absolute atomic E-state index is 0.839. The van der Waals surface area contributed by atoms with E-state index in [1.165, 1.54) is 0 Å². The number of nitrogens with zero attached hydrogens (tertiary/aromatic N) is 5. The van der Waals surface area contributed by atoms with Crippen LogP contribution in [0.5, 0.6) is 0 Å². The molecule has 126 valence electrons. The molecule has 3 fully saturated rings. The van der Waals surface area contributed by atoms with Gasteiger partial charge in [0, 0.05) is 60.4 Å². The minimum Gasteiger partial charge on any atom is -0.716 e. The largest absolute Gasteiger partial charge is 0.716 e. The lowest BCUT2D eigenvalue weighted by molar-refractivity contribution is 0.186. The van der Waals surface area contributed by atoms with Crippen LogP contribution in [0, 0.1) is 0 Å². The predicted molar refractivity (Wildman–Crippen MR) is 102 cm³/mol. The molecule has 7 heteroatoms. The summed E-state index contributed by atoms with van der Waals surface area (Å²) in [5.74, 6) is 0. The molecule has 4 rings (SSSR count). The molecule has 0 spiro atoms. The molecular weight excluding hydrogens is 325 g/mol. The second-order valence-electron chi connectivity index (χ2n) is 6.28. The summed E-state index contributed by atoms with van der Waals surface area (Å²) in [6.45, 7) is 6.46. The maximum atomic E-state index is 5.93. The van der Waals surface area contributed by atoms with Gasteiger partial charge in [0.2, 0.25) is 0 Å². The average molecular weight is 351 g/mol. The molecule has 0 atom stereocenters. The number of benzene rings is 1. The summed E-state index contributed by atoms with van der Waals surface area (Å²) < 4.78 is 7.40. The molecule has 1 aromatic carbocycles. The smallest absolute Gasteiger partial charge is 0.253 e. The van der Waals surface area contributed by atoms with Crippen LogP contribution in [-0.2, 0) is 12.6 Å². The summed E-state index contributed by atoms with van der Waals surface area (Å²) in [5.41, 5.74) is 0.952. The highest BCUT2D eigenvalue weighted by Gasteiger charge is 2.54. The van der Waals surface area contributed by atoms with E-state index in [4.69, 9.17) is 17.6 Å². The summed E-state index contributed by atoms with van der Waals surface area (Å²) in [4.78, 5) is 8.25. The molecule has 5 nitrogen and oxygen atoms in total. The van der Waals surface area contributed by atoms with Crippen molar-refractivity contribution < 1.29 is 0 Å². The summed E-state index contributed by atoms with van der Waals surface area (Å²) in [5, 5.41) is 0. The summed E-state index contributed by atoms with van der Waals surface area (Å²) in [6.07, 6.45) is 0. The highest BCUT2D eigenvalue weighted by Crippen LogP contribution is 2.67. The van der Waals surface area contributed by atoms with Crippen LogP contribution in [0.2, 0.25) is 0 Å². The van der Waals surface area contributed by atoms with Gasteiger partial charge in [0.05, 0.1) is 10.5 Å². The molecule has 1 aromatic rings. The lowest BCUT2D eigenvalue weighted by atomic mass is 10.3. The van der Waals surface area contributed by atoms with Crippen molar-refractivity contribution in [2.75, 3.05) is 60.4 Å². The normalized spacial score (nSPS) is 31.6. The molecule has 0 radical (unpaired) electrons. The minimum atomic E-state index is -1.92. The van der Waals surface area contributed by atoms with E-state index in [-0.39, 0.29) is 0 Å². The monoisotopic (exact) mass is 351 g/mol. The van der Waals surface area contributed by atoms with Crippen molar-refractivity contribution in [2.45, 2.75) is 0 Å². The number of para-hydroxylation sites is 1. The Morgan fingerprint density at radius 1 is 0.870 bits per heavy atom. The van der Waals surface area contributed by atoms with Crippen LogP contribution in [0.4, 0.5) is 5.69 Å². The first-order chi connectivity index (χ1) is 11.0. The molecule has 0 aromatic heterocycles. The number of rotatable bonds is 2. The third kappa shape index (κ3) is 3.16. The first-order valence-electron chi connectivity index (χ1n) is 8.12. The van der Waals surface area contributed by atoms with Gasteiger partial charge in [-0.25, -0.2) is 4.99 Å². The Morgan fingerprint density at radius 2 is 1.35 bits per heavy atom. The Morgan fingerprint density at radius 3 is 1.83 bits per heavy atom. The van der Waals surface area contributed by atoms with E-state index in [0.29, 0.717) is 0 Å². The van der Waals surface area contributed by atoms with Gasteiger partial charge in [-0.1, -0.05) is 18.2 Å². The Balaban J connectivity index is 2.06. The molecule has 0 aliphatic carbocycles. The second kappa shape index (κ2) is 7.09.